The lowest BCUT2D eigenvalue weighted by Gasteiger charge is -2.32. The summed E-state index contributed by atoms with van der Waals surface area (Å²) in [7, 11) is 4.12. The highest BCUT2D eigenvalue weighted by molar-refractivity contribution is 6.30. The van der Waals surface area contributed by atoms with E-state index >= 15 is 0 Å². The monoisotopic (exact) mass is 288 g/mol. The molecule has 0 bridgehead atoms. The van der Waals surface area contributed by atoms with E-state index in [1.807, 2.05) is 48.5 Å². The Labute approximate surface area is 125 Å². The van der Waals surface area contributed by atoms with Gasteiger partial charge >= 0.3 is 0 Å². The molecule has 0 aromatic heterocycles. The van der Waals surface area contributed by atoms with Gasteiger partial charge in [-0.15, -0.1) is 0 Å². The quantitative estimate of drug-likeness (QED) is 0.841. The molecule has 0 amide bonds. The van der Waals surface area contributed by atoms with E-state index < -0.39 is 0 Å². The zero-order valence-electron chi connectivity index (χ0n) is 11.8. The molecule has 0 unspecified atom stereocenters. The van der Waals surface area contributed by atoms with Crippen LogP contribution in [0.25, 0.3) is 5.70 Å². The fourth-order valence-electron chi connectivity index (χ4n) is 2.30. The highest BCUT2D eigenvalue weighted by Gasteiger charge is 2.27. The molecular weight excluding hydrogens is 270 g/mol. The van der Waals surface area contributed by atoms with E-state index in [4.69, 9.17) is 11.6 Å². The molecule has 0 saturated heterocycles. The summed E-state index contributed by atoms with van der Waals surface area (Å²) in [5.74, 6) is 0. The van der Waals surface area contributed by atoms with Crippen LogP contribution in [-0.4, -0.2) is 19.2 Å². The first-order valence-electron chi connectivity index (χ1n) is 6.45. The van der Waals surface area contributed by atoms with E-state index in [1.54, 1.807) is 0 Å². The van der Waals surface area contributed by atoms with Crippen molar-refractivity contribution in [1.82, 2.24) is 4.48 Å². The number of halogens is 1. The van der Waals surface area contributed by atoms with Crippen molar-refractivity contribution in [3.8, 4) is 0 Å². The van der Waals surface area contributed by atoms with Gasteiger partial charge in [0.25, 0.3) is 0 Å². The Hall–Kier alpha value is -1.61. The van der Waals surface area contributed by atoms with Gasteiger partial charge in [0, 0.05) is 16.1 Å². The Morgan fingerprint density at radius 1 is 1.10 bits per heavy atom. The van der Waals surface area contributed by atoms with E-state index in [-0.39, 0.29) is 6.61 Å². The van der Waals surface area contributed by atoms with Crippen LogP contribution in [0.4, 0.5) is 5.69 Å². The molecule has 20 heavy (non-hydrogen) atoms. The van der Waals surface area contributed by atoms with E-state index in [0.717, 1.165) is 22.5 Å². The number of hydrogen-bond donors (Lipinski definition) is 1. The second-order valence-electron chi connectivity index (χ2n) is 5.19. The van der Waals surface area contributed by atoms with Crippen LogP contribution in [0.3, 0.4) is 0 Å². The van der Waals surface area contributed by atoms with E-state index in [0.29, 0.717) is 9.51 Å². The molecule has 0 saturated carbocycles. The summed E-state index contributed by atoms with van der Waals surface area (Å²) in [5, 5.41) is 10.2. The largest absolute Gasteiger partial charge is 0.391 e. The first-order valence-corrected chi connectivity index (χ1v) is 6.83. The molecule has 2 aromatic rings. The highest BCUT2D eigenvalue weighted by Crippen LogP contribution is 2.33. The number of para-hydroxylation sites is 1. The van der Waals surface area contributed by atoms with Gasteiger partial charge in [-0.25, -0.2) is 0 Å². The second kappa shape index (κ2) is 5.80. The number of benzene rings is 2. The van der Waals surface area contributed by atoms with Crippen molar-refractivity contribution in [3.05, 3.63) is 71.3 Å². The molecule has 1 N–H and O–H groups in total. The average Bonchev–Trinajstić information content (AvgIpc) is 2.47. The number of quaternary nitrogens is 1. The van der Waals surface area contributed by atoms with Crippen LogP contribution in [-0.2, 0) is 6.61 Å². The summed E-state index contributed by atoms with van der Waals surface area (Å²) >= 11 is 5.93. The van der Waals surface area contributed by atoms with Crippen molar-refractivity contribution in [1.29, 1.82) is 0 Å². The number of aliphatic hydroxyl groups is 1. The van der Waals surface area contributed by atoms with Crippen molar-refractivity contribution in [3.63, 3.8) is 0 Å². The summed E-state index contributed by atoms with van der Waals surface area (Å²) in [5.41, 5.74) is 3.93. The first kappa shape index (κ1) is 14.8. The van der Waals surface area contributed by atoms with Crippen molar-refractivity contribution in [2.75, 3.05) is 14.1 Å². The van der Waals surface area contributed by atoms with Crippen LogP contribution in [0, 0.1) is 0 Å². The molecule has 2 nitrogen and oxygen atoms in total. The highest BCUT2D eigenvalue weighted by atomic mass is 35.5. The maximum Gasteiger partial charge on any atom is 0.143 e. The van der Waals surface area contributed by atoms with Gasteiger partial charge in [0.05, 0.1) is 20.7 Å². The van der Waals surface area contributed by atoms with Crippen molar-refractivity contribution >= 4 is 23.0 Å². The molecule has 104 valence electrons. The summed E-state index contributed by atoms with van der Waals surface area (Å²) in [6.07, 6.45) is 0. The molecule has 0 aliphatic carbocycles. The van der Waals surface area contributed by atoms with Crippen molar-refractivity contribution < 1.29 is 5.11 Å². The third-order valence-corrected chi connectivity index (χ3v) is 3.87. The molecule has 0 fully saturated rings. The third-order valence-electron chi connectivity index (χ3n) is 3.62. The predicted octanol–water partition coefficient (Wildman–Crippen LogP) is 4.07. The number of rotatable bonds is 4. The average molecular weight is 289 g/mol. The van der Waals surface area contributed by atoms with Crippen molar-refractivity contribution in [2.45, 2.75) is 6.61 Å². The van der Waals surface area contributed by atoms with Gasteiger partial charge in [0.15, 0.2) is 0 Å². The lowest BCUT2D eigenvalue weighted by Crippen LogP contribution is -2.38. The number of hydrogen-bond acceptors (Lipinski definition) is 1. The van der Waals surface area contributed by atoms with Gasteiger partial charge in [-0.2, -0.15) is 0 Å². The fraction of sp³-hybridized carbons (Fsp3) is 0.176. The number of nitrogens with zero attached hydrogens (tertiary/aromatic N) is 1. The van der Waals surface area contributed by atoms with Crippen LogP contribution < -0.4 is 4.48 Å². The Kier molecular flexibility index (Phi) is 4.29. The van der Waals surface area contributed by atoms with Crippen LogP contribution in [0.1, 0.15) is 11.1 Å². The molecule has 0 aliphatic rings. The molecule has 0 aliphatic heterocycles. The van der Waals surface area contributed by atoms with Gasteiger partial charge in [-0.05, 0) is 36.9 Å². The molecule has 2 rings (SSSR count). The maximum atomic E-state index is 9.51. The molecule has 3 heteroatoms. The van der Waals surface area contributed by atoms with Crippen LogP contribution in [0.2, 0.25) is 5.02 Å². The summed E-state index contributed by atoms with van der Waals surface area (Å²) in [4.78, 5) is 0. The summed E-state index contributed by atoms with van der Waals surface area (Å²) in [6.45, 7) is 4.25. The Morgan fingerprint density at radius 3 is 2.30 bits per heavy atom. The molecule has 2 aromatic carbocycles. The smallest absolute Gasteiger partial charge is 0.143 e. The predicted molar refractivity (Wildman–Crippen MR) is 86.5 cm³/mol. The summed E-state index contributed by atoms with van der Waals surface area (Å²) < 4.78 is 0.484. The summed E-state index contributed by atoms with van der Waals surface area (Å²) in [6, 6.07) is 15.5. The van der Waals surface area contributed by atoms with Gasteiger partial charge in [-0.3, -0.25) is 4.48 Å². The minimum atomic E-state index is 0.0196. The van der Waals surface area contributed by atoms with Gasteiger partial charge in [0.1, 0.15) is 11.4 Å². The minimum absolute atomic E-state index is 0.0196. The van der Waals surface area contributed by atoms with E-state index in [2.05, 4.69) is 20.7 Å². The first-order chi connectivity index (χ1) is 9.46. The van der Waals surface area contributed by atoms with E-state index in [1.165, 1.54) is 0 Å². The molecule has 0 heterocycles. The minimum Gasteiger partial charge on any atom is -0.391 e. The molecule has 0 radical (unpaired) electrons. The van der Waals surface area contributed by atoms with Gasteiger partial charge < -0.3 is 5.11 Å². The Balaban J connectivity index is 2.43. The molecular formula is C17H19ClNO+. The van der Waals surface area contributed by atoms with E-state index in [9.17, 15) is 5.11 Å². The SMILES string of the molecule is C=C(c1ccc(Cl)cc1)[N+](C)(C)c1ccccc1CO. The zero-order chi connectivity index (χ0) is 14.8. The Morgan fingerprint density at radius 2 is 1.70 bits per heavy atom. The lowest BCUT2D eigenvalue weighted by molar-refractivity contribution is 0.280. The molecule has 0 spiro atoms. The zero-order valence-corrected chi connectivity index (χ0v) is 12.6. The third kappa shape index (κ3) is 2.78. The second-order valence-corrected chi connectivity index (χ2v) is 5.63. The normalized spacial score (nSPS) is 11.4. The van der Waals surface area contributed by atoms with Crippen LogP contribution in [0.5, 0.6) is 0 Å². The number of aliphatic hydroxyl groups excluding tert-OH is 1. The Bertz CT molecular complexity index is 617. The van der Waals surface area contributed by atoms with Crippen LogP contribution >= 0.6 is 11.6 Å². The molecule has 0 atom stereocenters. The fourth-order valence-corrected chi connectivity index (χ4v) is 2.43. The van der Waals surface area contributed by atoms with Crippen LogP contribution in [0.15, 0.2) is 55.1 Å². The van der Waals surface area contributed by atoms with Gasteiger partial charge in [-0.1, -0.05) is 29.8 Å². The van der Waals surface area contributed by atoms with Crippen molar-refractivity contribution in [2.24, 2.45) is 0 Å². The lowest BCUT2D eigenvalue weighted by atomic mass is 10.1. The van der Waals surface area contributed by atoms with Gasteiger partial charge in [0.2, 0.25) is 0 Å². The standard InChI is InChI=1S/C17H19ClNO/c1-13(14-8-10-16(18)11-9-14)19(2,3)17-7-5-4-6-15(17)12-20/h4-11,20H,1,12H2,2-3H3/q+1. The topological polar surface area (TPSA) is 20.2 Å². The maximum absolute atomic E-state index is 9.51.